The van der Waals surface area contributed by atoms with Gasteiger partial charge < -0.3 is 15.5 Å². The number of benzene rings is 1. The molecule has 0 spiro atoms. The molecule has 1 fully saturated rings. The zero-order chi connectivity index (χ0) is 17.0. The molecule has 2 unspecified atom stereocenters. The van der Waals surface area contributed by atoms with E-state index < -0.39 is 0 Å². The van der Waals surface area contributed by atoms with Crippen LogP contribution in [0.1, 0.15) is 45.2 Å². The maximum absolute atomic E-state index is 12.8. The van der Waals surface area contributed by atoms with Gasteiger partial charge in [-0.25, -0.2) is 0 Å². The van der Waals surface area contributed by atoms with Crippen molar-refractivity contribution in [3.63, 3.8) is 0 Å². The Morgan fingerprint density at radius 2 is 1.74 bits per heavy atom. The number of nitrogens with two attached hydrogens (primary N) is 1. The normalized spacial score (nSPS) is 19.6. The Hall–Kier alpha value is -1.39. The molecular weight excluding hydrogens is 286 g/mol. The van der Waals surface area contributed by atoms with Gasteiger partial charge >= 0.3 is 0 Å². The Kier molecular flexibility index (Phi) is 6.19. The predicted molar refractivity (Wildman–Crippen MR) is 95.0 cm³/mol. The van der Waals surface area contributed by atoms with Crippen LogP contribution >= 0.6 is 0 Å². The first-order chi connectivity index (χ1) is 10.9. The third-order valence-electron chi connectivity index (χ3n) is 5.24. The Morgan fingerprint density at radius 1 is 1.17 bits per heavy atom. The fourth-order valence-corrected chi connectivity index (χ4v) is 3.41. The molecule has 0 aromatic heterocycles. The van der Waals surface area contributed by atoms with Crippen molar-refractivity contribution in [2.24, 2.45) is 11.7 Å². The van der Waals surface area contributed by atoms with Crippen molar-refractivity contribution < 1.29 is 4.79 Å². The summed E-state index contributed by atoms with van der Waals surface area (Å²) in [7, 11) is 1.94. The number of piperidine rings is 1. The molecule has 0 radical (unpaired) electrons. The molecule has 1 aliphatic rings. The fraction of sp³-hybridized carbons (Fsp3) is 0.632. The van der Waals surface area contributed by atoms with Gasteiger partial charge in [0.15, 0.2) is 0 Å². The second-order valence-corrected chi connectivity index (χ2v) is 7.04. The standard InChI is InChI=1S/C19H31N3O/c1-14(2)22-12-10-17(11-13-22)21(4)19(23)15(3)18(20)16-8-6-5-7-9-16/h5-9,14-15,17-18H,10-13,20H2,1-4H3. The summed E-state index contributed by atoms with van der Waals surface area (Å²) in [6.45, 7) is 8.55. The molecule has 4 nitrogen and oxygen atoms in total. The summed E-state index contributed by atoms with van der Waals surface area (Å²) < 4.78 is 0. The van der Waals surface area contributed by atoms with Crippen LogP contribution < -0.4 is 5.73 Å². The highest BCUT2D eigenvalue weighted by molar-refractivity contribution is 5.79. The van der Waals surface area contributed by atoms with E-state index in [4.69, 9.17) is 5.73 Å². The summed E-state index contributed by atoms with van der Waals surface area (Å²) in [6.07, 6.45) is 2.10. The molecule has 0 bridgehead atoms. The van der Waals surface area contributed by atoms with Crippen molar-refractivity contribution in [3.05, 3.63) is 35.9 Å². The topological polar surface area (TPSA) is 49.6 Å². The zero-order valence-electron chi connectivity index (χ0n) is 14.9. The third kappa shape index (κ3) is 4.33. The van der Waals surface area contributed by atoms with E-state index in [1.165, 1.54) is 0 Å². The van der Waals surface area contributed by atoms with Crippen molar-refractivity contribution >= 4 is 5.91 Å². The first kappa shape index (κ1) is 18.0. The summed E-state index contributed by atoms with van der Waals surface area (Å²) in [6, 6.07) is 10.6. The van der Waals surface area contributed by atoms with Crippen molar-refractivity contribution in [2.75, 3.05) is 20.1 Å². The highest BCUT2D eigenvalue weighted by Crippen LogP contribution is 2.24. The molecule has 128 valence electrons. The highest BCUT2D eigenvalue weighted by atomic mass is 16.2. The van der Waals surface area contributed by atoms with E-state index in [2.05, 4.69) is 18.7 Å². The quantitative estimate of drug-likeness (QED) is 0.908. The van der Waals surface area contributed by atoms with Crippen LogP contribution in [0.3, 0.4) is 0 Å². The van der Waals surface area contributed by atoms with Crippen LogP contribution in [0.15, 0.2) is 30.3 Å². The van der Waals surface area contributed by atoms with Crippen LogP contribution in [0.5, 0.6) is 0 Å². The predicted octanol–water partition coefficient (Wildman–Crippen LogP) is 2.65. The van der Waals surface area contributed by atoms with Gasteiger partial charge in [0.1, 0.15) is 0 Å². The second kappa shape index (κ2) is 7.93. The number of hydrogen-bond acceptors (Lipinski definition) is 3. The minimum atomic E-state index is -0.248. The molecule has 1 amide bonds. The molecule has 2 N–H and O–H groups in total. The fourth-order valence-electron chi connectivity index (χ4n) is 3.41. The van der Waals surface area contributed by atoms with Crippen molar-refractivity contribution in [1.82, 2.24) is 9.80 Å². The SMILES string of the molecule is CC(C(=O)N(C)C1CCN(C(C)C)CC1)C(N)c1ccccc1. The van der Waals surface area contributed by atoms with E-state index >= 15 is 0 Å². The second-order valence-electron chi connectivity index (χ2n) is 7.04. The number of nitrogens with zero attached hydrogens (tertiary/aromatic N) is 2. The number of carbonyl (C=O) groups is 1. The minimum absolute atomic E-state index is 0.157. The molecule has 2 rings (SSSR count). The van der Waals surface area contributed by atoms with Gasteiger partial charge in [-0.2, -0.15) is 0 Å². The molecule has 1 aromatic carbocycles. The average molecular weight is 317 g/mol. The van der Waals surface area contributed by atoms with Gasteiger partial charge in [0.05, 0.1) is 5.92 Å². The van der Waals surface area contributed by atoms with Gasteiger partial charge in [0.2, 0.25) is 5.91 Å². The molecule has 2 atom stereocenters. The largest absolute Gasteiger partial charge is 0.342 e. The van der Waals surface area contributed by atoms with Crippen molar-refractivity contribution in [3.8, 4) is 0 Å². The molecule has 0 aliphatic carbocycles. The van der Waals surface area contributed by atoms with E-state index in [0.29, 0.717) is 12.1 Å². The number of hydrogen-bond donors (Lipinski definition) is 1. The molecule has 1 saturated heterocycles. The Bertz CT molecular complexity index is 495. The number of rotatable bonds is 5. The monoisotopic (exact) mass is 317 g/mol. The van der Waals surface area contributed by atoms with E-state index in [0.717, 1.165) is 31.5 Å². The molecule has 23 heavy (non-hydrogen) atoms. The van der Waals surface area contributed by atoms with Crippen LogP contribution in [-0.4, -0.2) is 47.9 Å². The zero-order valence-corrected chi connectivity index (χ0v) is 14.9. The molecule has 4 heteroatoms. The van der Waals surface area contributed by atoms with Crippen molar-refractivity contribution in [1.29, 1.82) is 0 Å². The van der Waals surface area contributed by atoms with Crippen LogP contribution in [-0.2, 0) is 4.79 Å². The lowest BCUT2D eigenvalue weighted by atomic mass is 9.93. The maximum Gasteiger partial charge on any atom is 0.227 e. The van der Waals surface area contributed by atoms with E-state index in [9.17, 15) is 4.79 Å². The first-order valence-electron chi connectivity index (χ1n) is 8.73. The van der Waals surface area contributed by atoms with Crippen LogP contribution in [0, 0.1) is 5.92 Å². The van der Waals surface area contributed by atoms with E-state index in [1.807, 2.05) is 49.2 Å². The molecular formula is C19H31N3O. The summed E-state index contributed by atoms with van der Waals surface area (Å²) in [5.74, 6) is -0.0464. The molecule has 0 saturated carbocycles. The third-order valence-corrected chi connectivity index (χ3v) is 5.24. The summed E-state index contributed by atoms with van der Waals surface area (Å²) in [5, 5.41) is 0. The van der Waals surface area contributed by atoms with E-state index in [-0.39, 0.29) is 17.9 Å². The molecule has 1 aromatic rings. The van der Waals surface area contributed by atoms with Gasteiger partial charge in [-0.05, 0) is 32.3 Å². The first-order valence-corrected chi connectivity index (χ1v) is 8.73. The van der Waals surface area contributed by atoms with Gasteiger partial charge in [0.25, 0.3) is 0 Å². The maximum atomic E-state index is 12.8. The Labute approximate surface area is 140 Å². The highest BCUT2D eigenvalue weighted by Gasteiger charge is 2.31. The summed E-state index contributed by atoms with van der Waals surface area (Å²) in [5.41, 5.74) is 7.34. The smallest absolute Gasteiger partial charge is 0.227 e. The van der Waals surface area contributed by atoms with Gasteiger partial charge in [0, 0.05) is 38.3 Å². The van der Waals surface area contributed by atoms with Gasteiger partial charge in [-0.15, -0.1) is 0 Å². The Balaban J connectivity index is 1.94. The minimum Gasteiger partial charge on any atom is -0.342 e. The number of likely N-dealkylation sites (tertiary alicyclic amines) is 1. The Morgan fingerprint density at radius 3 is 2.26 bits per heavy atom. The number of carbonyl (C=O) groups excluding carboxylic acids is 1. The number of amides is 1. The van der Waals surface area contributed by atoms with Gasteiger partial charge in [-0.3, -0.25) is 4.79 Å². The molecule has 1 heterocycles. The van der Waals surface area contributed by atoms with Crippen molar-refractivity contribution in [2.45, 2.75) is 51.7 Å². The summed E-state index contributed by atoms with van der Waals surface area (Å²) >= 11 is 0. The van der Waals surface area contributed by atoms with Crippen LogP contribution in [0.25, 0.3) is 0 Å². The van der Waals surface area contributed by atoms with Crippen LogP contribution in [0.4, 0.5) is 0 Å². The average Bonchev–Trinajstić information content (AvgIpc) is 2.60. The lowest BCUT2D eigenvalue weighted by molar-refractivity contribution is -0.137. The lowest BCUT2D eigenvalue weighted by Gasteiger charge is -2.39. The van der Waals surface area contributed by atoms with Crippen LogP contribution in [0.2, 0.25) is 0 Å². The summed E-state index contributed by atoms with van der Waals surface area (Å²) in [4.78, 5) is 17.2. The van der Waals surface area contributed by atoms with E-state index in [1.54, 1.807) is 0 Å². The van der Waals surface area contributed by atoms with Gasteiger partial charge in [-0.1, -0.05) is 37.3 Å². The molecule has 1 aliphatic heterocycles. The lowest BCUT2D eigenvalue weighted by Crippen LogP contribution is -2.49.